The van der Waals surface area contributed by atoms with Crippen LogP contribution in [0.1, 0.15) is 98.6 Å². The number of nitrogens with one attached hydrogen (secondary N) is 3. The van der Waals surface area contributed by atoms with E-state index in [-0.39, 0.29) is 59.4 Å². The first-order valence-corrected chi connectivity index (χ1v) is 19.4. The van der Waals surface area contributed by atoms with Crippen LogP contribution in [0.4, 0.5) is 24.7 Å². The van der Waals surface area contributed by atoms with Crippen LogP contribution < -0.4 is 16.0 Å². The van der Waals surface area contributed by atoms with Crippen molar-refractivity contribution in [3.05, 3.63) is 77.1 Å². The molecule has 3 N–H and O–H groups in total. The molecule has 4 aromatic rings. The highest BCUT2D eigenvalue weighted by Crippen LogP contribution is 2.31. The molecule has 5 amide bonds. The molecule has 1 fully saturated rings. The minimum Gasteiger partial charge on any atom is -0.444 e. The number of carbonyl (C=O) groups excluding carboxylic acids is 6. The molecule has 1 saturated heterocycles. The average molecular weight is 837 g/mol. The van der Waals surface area contributed by atoms with Gasteiger partial charge in [0.2, 0.25) is 17.7 Å². The second kappa shape index (κ2) is 19.6. The monoisotopic (exact) mass is 836 g/mol. The number of carbonyl (C=O) groups is 6. The number of unbranched alkanes of at least 4 members (excludes halogenated alkanes) is 2. The van der Waals surface area contributed by atoms with E-state index >= 15 is 0 Å². The molecule has 0 saturated carbocycles. The molecule has 1 aromatic carbocycles. The van der Waals surface area contributed by atoms with Crippen LogP contribution in [0.25, 0.3) is 11.5 Å². The summed E-state index contributed by atoms with van der Waals surface area (Å²) in [5.41, 5.74) is 1.75. The number of anilines is 2. The van der Waals surface area contributed by atoms with E-state index in [0.29, 0.717) is 69.7 Å². The van der Waals surface area contributed by atoms with Gasteiger partial charge in [0.05, 0.1) is 16.8 Å². The lowest BCUT2D eigenvalue weighted by molar-refractivity contribution is -0.136. The molecule has 0 aliphatic carbocycles. The summed E-state index contributed by atoms with van der Waals surface area (Å²) in [7, 11) is 1.61. The fraction of sp³-hybridized carbons (Fsp3) is 0.425. The van der Waals surface area contributed by atoms with Gasteiger partial charge in [-0.3, -0.25) is 43.7 Å². The highest BCUT2D eigenvalue weighted by Gasteiger charge is 2.45. The molecule has 3 aromatic heterocycles. The second-order valence-corrected chi connectivity index (χ2v) is 14.2. The number of oxazole rings is 1. The second-order valence-electron chi connectivity index (χ2n) is 14.2. The highest BCUT2D eigenvalue weighted by atomic mass is 19.4. The number of Topliss-reactive ketones (excluding diaryl/α,β-unsaturated/α-hetero) is 1. The van der Waals surface area contributed by atoms with Crippen molar-refractivity contribution in [2.45, 2.75) is 70.0 Å². The standard InChI is InChI=1S/C40H43F3N8O9/c1-50-21-27(46-35(54)28-22-60-37(47-28)25-14-15-44-31(20-25)45-23-40(41,42)43)34(49-50)30(52)11-3-5-17-59-19-7-18-58-16-4-2-8-24-9-6-10-26-33(24)39(57)51(38(26)56)29-12-13-32(53)48-36(29)55/h6,9-10,14-15,20-22,29H,2-5,7-8,11-13,16-19,23H2,1H3,(H,44,45)(H,46,54)(H,48,53,55). The Morgan fingerprint density at radius 1 is 0.983 bits per heavy atom. The lowest BCUT2D eigenvalue weighted by Gasteiger charge is -2.27. The average Bonchev–Trinajstić information content (AvgIpc) is 3.92. The number of piperidine rings is 1. The summed E-state index contributed by atoms with van der Waals surface area (Å²) in [6.45, 7) is 0.629. The van der Waals surface area contributed by atoms with E-state index in [1.165, 1.54) is 29.2 Å². The number of hydrogen-bond acceptors (Lipinski definition) is 13. The number of imide groups is 2. The van der Waals surface area contributed by atoms with E-state index in [0.717, 1.165) is 23.1 Å². The molecule has 2 aliphatic heterocycles. The maximum Gasteiger partial charge on any atom is 0.405 e. The number of amides is 5. The minimum absolute atomic E-state index is 0.0153. The molecule has 20 heteroatoms. The topological polar surface area (TPSA) is 217 Å². The summed E-state index contributed by atoms with van der Waals surface area (Å²) >= 11 is 0. The zero-order chi connectivity index (χ0) is 42.8. The van der Waals surface area contributed by atoms with Gasteiger partial charge in [-0.25, -0.2) is 9.97 Å². The van der Waals surface area contributed by atoms with Crippen molar-refractivity contribution in [1.29, 1.82) is 0 Å². The molecule has 1 atom stereocenters. The van der Waals surface area contributed by atoms with Crippen LogP contribution in [0.2, 0.25) is 0 Å². The van der Waals surface area contributed by atoms with E-state index in [9.17, 15) is 41.9 Å². The normalized spacial score (nSPS) is 15.3. The molecule has 0 spiro atoms. The number of aryl methyl sites for hydroxylation is 2. The van der Waals surface area contributed by atoms with Crippen LogP contribution in [0.3, 0.4) is 0 Å². The molecule has 6 rings (SSSR count). The van der Waals surface area contributed by atoms with E-state index in [1.807, 2.05) is 0 Å². The zero-order valence-electron chi connectivity index (χ0n) is 32.6. The van der Waals surface area contributed by atoms with Crippen molar-refractivity contribution in [1.82, 2.24) is 30.0 Å². The molecule has 17 nitrogen and oxygen atoms in total. The molecule has 318 valence electrons. The number of hydrogen-bond donors (Lipinski definition) is 3. The van der Waals surface area contributed by atoms with E-state index in [1.54, 1.807) is 25.2 Å². The fourth-order valence-corrected chi connectivity index (χ4v) is 6.72. The van der Waals surface area contributed by atoms with Crippen LogP contribution in [0, 0.1) is 0 Å². The Hall–Kier alpha value is -6.28. The Bertz CT molecular complexity index is 2240. The van der Waals surface area contributed by atoms with E-state index in [2.05, 4.69) is 31.0 Å². The van der Waals surface area contributed by atoms with Crippen LogP contribution in [0.5, 0.6) is 0 Å². The van der Waals surface area contributed by atoms with Gasteiger partial charge in [0.1, 0.15) is 24.7 Å². The molecule has 5 heterocycles. The Morgan fingerprint density at radius 2 is 1.73 bits per heavy atom. The van der Waals surface area contributed by atoms with Gasteiger partial charge in [-0.15, -0.1) is 0 Å². The first-order chi connectivity index (χ1) is 28.8. The number of halogens is 3. The Morgan fingerprint density at radius 3 is 2.48 bits per heavy atom. The molecular weight excluding hydrogens is 793 g/mol. The minimum atomic E-state index is -4.44. The summed E-state index contributed by atoms with van der Waals surface area (Å²) < 4.78 is 55.9. The number of ether oxygens (including phenoxy) is 2. The van der Waals surface area contributed by atoms with Gasteiger partial charge >= 0.3 is 6.18 Å². The van der Waals surface area contributed by atoms with Crippen LogP contribution in [-0.2, 0) is 32.5 Å². The first kappa shape index (κ1) is 43.3. The van der Waals surface area contributed by atoms with Crippen molar-refractivity contribution in [3.8, 4) is 11.5 Å². The fourth-order valence-electron chi connectivity index (χ4n) is 6.72. The lowest BCUT2D eigenvalue weighted by Crippen LogP contribution is -2.54. The SMILES string of the molecule is Cn1cc(NC(=O)c2coc(-c3ccnc(NCC(F)(F)F)c3)n2)c(C(=O)CCCCOCCCOCCCCc2cccc3c2C(=O)N(C2CCC(=O)NC2=O)C3=O)n1. The van der Waals surface area contributed by atoms with Gasteiger partial charge in [-0.05, 0) is 68.7 Å². The summed E-state index contributed by atoms with van der Waals surface area (Å²) in [4.78, 5) is 85.2. The maximum atomic E-state index is 13.3. The number of rotatable bonds is 21. The van der Waals surface area contributed by atoms with Crippen molar-refractivity contribution >= 4 is 46.8 Å². The smallest absolute Gasteiger partial charge is 0.405 e. The molecular formula is C40H43F3N8O9. The van der Waals surface area contributed by atoms with Gasteiger partial charge in [-0.2, -0.15) is 18.3 Å². The lowest BCUT2D eigenvalue weighted by atomic mass is 9.98. The zero-order valence-corrected chi connectivity index (χ0v) is 32.6. The number of aromatic nitrogens is 4. The number of alkyl halides is 3. The third-order valence-corrected chi connectivity index (χ3v) is 9.61. The van der Waals surface area contributed by atoms with Gasteiger partial charge in [0, 0.05) is 64.3 Å². The largest absolute Gasteiger partial charge is 0.444 e. The third kappa shape index (κ3) is 11.1. The number of ketones is 1. The summed E-state index contributed by atoms with van der Waals surface area (Å²) in [6.07, 6.45) is 3.56. The van der Waals surface area contributed by atoms with Crippen molar-refractivity contribution < 1.29 is 55.8 Å². The highest BCUT2D eigenvalue weighted by molar-refractivity contribution is 6.24. The summed E-state index contributed by atoms with van der Waals surface area (Å²) in [5.74, 6) is -3.12. The Balaban J connectivity index is 0.836. The molecule has 0 bridgehead atoms. The van der Waals surface area contributed by atoms with Gasteiger partial charge in [-0.1, -0.05) is 12.1 Å². The number of pyridine rings is 1. The predicted octanol–water partition coefficient (Wildman–Crippen LogP) is 4.90. The number of nitrogens with zero attached hydrogens (tertiary/aromatic N) is 5. The van der Waals surface area contributed by atoms with E-state index < -0.39 is 48.3 Å². The predicted molar refractivity (Wildman–Crippen MR) is 206 cm³/mol. The summed E-state index contributed by atoms with van der Waals surface area (Å²) in [6, 6.07) is 6.87. The number of fused-ring (bicyclic) bond motifs is 1. The third-order valence-electron chi connectivity index (χ3n) is 9.61. The van der Waals surface area contributed by atoms with Gasteiger partial charge in [0.25, 0.3) is 17.7 Å². The number of benzene rings is 1. The van der Waals surface area contributed by atoms with E-state index in [4.69, 9.17) is 13.9 Å². The van der Waals surface area contributed by atoms with Crippen LogP contribution >= 0.6 is 0 Å². The Labute approximate surface area is 341 Å². The quantitative estimate of drug-likeness (QED) is 0.0579. The Kier molecular flexibility index (Phi) is 14.2. The van der Waals surface area contributed by atoms with Gasteiger partial charge < -0.3 is 24.5 Å². The summed E-state index contributed by atoms with van der Waals surface area (Å²) in [5, 5.41) is 11.2. The van der Waals surface area contributed by atoms with Crippen molar-refractivity contribution in [3.63, 3.8) is 0 Å². The molecule has 2 aliphatic rings. The van der Waals surface area contributed by atoms with Crippen LogP contribution in [0.15, 0.2) is 53.4 Å². The first-order valence-electron chi connectivity index (χ1n) is 19.4. The maximum absolute atomic E-state index is 13.3. The van der Waals surface area contributed by atoms with Gasteiger partial charge in [0.15, 0.2) is 17.2 Å². The van der Waals surface area contributed by atoms with Crippen LogP contribution in [-0.4, -0.2) is 105 Å². The molecule has 0 radical (unpaired) electrons. The molecule has 1 unspecified atom stereocenters. The van der Waals surface area contributed by atoms with Crippen molar-refractivity contribution in [2.75, 3.05) is 43.6 Å². The van der Waals surface area contributed by atoms with Crippen molar-refractivity contribution in [2.24, 2.45) is 7.05 Å². The molecule has 60 heavy (non-hydrogen) atoms.